The van der Waals surface area contributed by atoms with Gasteiger partial charge in [0.15, 0.2) is 0 Å². The monoisotopic (exact) mass is 334 g/mol. The molecule has 2 aromatic carbocycles. The van der Waals surface area contributed by atoms with Crippen LogP contribution < -0.4 is 0 Å². The molecule has 2 aromatic rings. The Morgan fingerprint density at radius 1 is 1.00 bits per heavy atom. The summed E-state index contributed by atoms with van der Waals surface area (Å²) in [5.74, 6) is -4.49. The summed E-state index contributed by atoms with van der Waals surface area (Å²) in [5, 5.41) is 9.89. The first-order chi connectivity index (χ1) is 8.91. The molecule has 0 aliphatic heterocycles. The van der Waals surface area contributed by atoms with E-state index < -0.39 is 34.9 Å². The predicted molar refractivity (Wildman–Crippen MR) is 64.5 cm³/mol. The highest BCUT2D eigenvalue weighted by Gasteiger charge is 2.24. The second-order valence-electron chi connectivity index (χ2n) is 3.83. The Morgan fingerprint density at radius 2 is 1.58 bits per heavy atom. The molecule has 1 N–H and O–H groups in total. The molecular formula is C13H7BrF4O. The first-order valence-corrected chi connectivity index (χ1v) is 5.97. The van der Waals surface area contributed by atoms with E-state index in [-0.39, 0.29) is 10.0 Å². The lowest BCUT2D eigenvalue weighted by Crippen LogP contribution is -2.08. The zero-order chi connectivity index (χ0) is 14.2. The molecule has 1 unspecified atom stereocenters. The summed E-state index contributed by atoms with van der Waals surface area (Å²) < 4.78 is 53.6. The van der Waals surface area contributed by atoms with Gasteiger partial charge in [-0.2, -0.15) is 0 Å². The summed E-state index contributed by atoms with van der Waals surface area (Å²) in [7, 11) is 0. The quantitative estimate of drug-likeness (QED) is 0.820. The third-order valence-electron chi connectivity index (χ3n) is 2.59. The molecule has 0 amide bonds. The van der Waals surface area contributed by atoms with Gasteiger partial charge >= 0.3 is 0 Å². The van der Waals surface area contributed by atoms with Crippen molar-refractivity contribution in [3.05, 3.63) is 69.2 Å². The van der Waals surface area contributed by atoms with E-state index in [9.17, 15) is 22.7 Å². The van der Waals surface area contributed by atoms with E-state index in [1.54, 1.807) is 0 Å². The molecule has 0 radical (unpaired) electrons. The van der Waals surface area contributed by atoms with Crippen LogP contribution in [0.5, 0.6) is 0 Å². The van der Waals surface area contributed by atoms with E-state index in [4.69, 9.17) is 0 Å². The van der Waals surface area contributed by atoms with E-state index in [2.05, 4.69) is 15.9 Å². The van der Waals surface area contributed by atoms with Crippen LogP contribution in [0.15, 0.2) is 34.8 Å². The smallest absolute Gasteiger partial charge is 0.143 e. The minimum absolute atomic E-state index is 0.0481. The largest absolute Gasteiger partial charge is 0.383 e. The number of benzene rings is 2. The van der Waals surface area contributed by atoms with E-state index in [0.29, 0.717) is 12.1 Å². The van der Waals surface area contributed by atoms with Gasteiger partial charge in [0.1, 0.15) is 29.4 Å². The summed E-state index contributed by atoms with van der Waals surface area (Å²) in [4.78, 5) is 0. The Labute approximate surface area is 114 Å². The van der Waals surface area contributed by atoms with Crippen LogP contribution in [-0.2, 0) is 0 Å². The zero-order valence-corrected chi connectivity index (χ0v) is 10.9. The van der Waals surface area contributed by atoms with Crippen LogP contribution in [0, 0.1) is 23.3 Å². The third-order valence-corrected chi connectivity index (χ3v) is 3.21. The van der Waals surface area contributed by atoms with Gasteiger partial charge < -0.3 is 5.11 Å². The number of halogens is 5. The standard InChI is InChI=1S/C13H7BrF4O/c14-8-3-1-2-7(12(8)18)13(19)11-9(16)4-6(15)5-10(11)17/h1-5,13,19H. The molecule has 1 atom stereocenters. The molecule has 0 aliphatic rings. The van der Waals surface area contributed by atoms with Crippen LogP contribution in [0.2, 0.25) is 0 Å². The molecule has 19 heavy (non-hydrogen) atoms. The number of aliphatic hydroxyl groups is 1. The highest BCUT2D eigenvalue weighted by Crippen LogP contribution is 2.31. The highest BCUT2D eigenvalue weighted by molar-refractivity contribution is 9.10. The van der Waals surface area contributed by atoms with Crippen molar-refractivity contribution < 1.29 is 22.7 Å². The number of hydrogen-bond acceptors (Lipinski definition) is 1. The molecule has 2 rings (SSSR count). The molecule has 0 bridgehead atoms. The molecule has 0 heterocycles. The number of aliphatic hydroxyl groups excluding tert-OH is 1. The Balaban J connectivity index is 2.56. The molecule has 0 fully saturated rings. The van der Waals surface area contributed by atoms with Crippen LogP contribution in [0.1, 0.15) is 17.2 Å². The average Bonchev–Trinajstić information content (AvgIpc) is 2.31. The maximum Gasteiger partial charge on any atom is 0.143 e. The molecule has 0 saturated carbocycles. The van der Waals surface area contributed by atoms with Crippen molar-refractivity contribution in [1.29, 1.82) is 0 Å². The zero-order valence-electron chi connectivity index (χ0n) is 9.30. The van der Waals surface area contributed by atoms with Gasteiger partial charge in [0.25, 0.3) is 0 Å². The van der Waals surface area contributed by atoms with Gasteiger partial charge in [-0.3, -0.25) is 0 Å². The molecule has 0 aromatic heterocycles. The van der Waals surface area contributed by atoms with Gasteiger partial charge in [0.05, 0.1) is 10.0 Å². The lowest BCUT2D eigenvalue weighted by Gasteiger charge is -2.14. The van der Waals surface area contributed by atoms with Gasteiger partial charge in [-0.25, -0.2) is 17.6 Å². The van der Waals surface area contributed by atoms with Gasteiger partial charge in [0, 0.05) is 17.7 Å². The van der Waals surface area contributed by atoms with E-state index >= 15 is 0 Å². The highest BCUT2D eigenvalue weighted by atomic mass is 79.9. The van der Waals surface area contributed by atoms with Crippen LogP contribution in [0.3, 0.4) is 0 Å². The second kappa shape index (κ2) is 5.30. The Morgan fingerprint density at radius 3 is 2.16 bits per heavy atom. The average molecular weight is 335 g/mol. The Kier molecular flexibility index (Phi) is 3.91. The van der Waals surface area contributed by atoms with Crippen LogP contribution >= 0.6 is 15.9 Å². The lowest BCUT2D eigenvalue weighted by atomic mass is 10.00. The van der Waals surface area contributed by atoms with Crippen LogP contribution in [0.4, 0.5) is 17.6 Å². The third kappa shape index (κ3) is 2.64. The molecule has 0 saturated heterocycles. The molecule has 6 heteroatoms. The molecule has 0 spiro atoms. The normalized spacial score (nSPS) is 12.5. The first-order valence-electron chi connectivity index (χ1n) is 5.18. The van der Waals surface area contributed by atoms with Crippen molar-refractivity contribution >= 4 is 15.9 Å². The first kappa shape index (κ1) is 14.0. The Bertz CT molecular complexity index is 607. The minimum atomic E-state index is -1.86. The van der Waals surface area contributed by atoms with E-state index in [1.165, 1.54) is 18.2 Å². The maximum atomic E-state index is 13.8. The van der Waals surface area contributed by atoms with Crippen LogP contribution in [-0.4, -0.2) is 5.11 Å². The van der Waals surface area contributed by atoms with Gasteiger partial charge in [-0.05, 0) is 22.0 Å². The summed E-state index contributed by atoms with van der Waals surface area (Å²) in [6.45, 7) is 0. The SMILES string of the molecule is OC(c1cccc(Br)c1F)c1c(F)cc(F)cc1F. The van der Waals surface area contributed by atoms with E-state index in [1.807, 2.05) is 0 Å². The molecular weight excluding hydrogens is 328 g/mol. The van der Waals surface area contributed by atoms with E-state index in [0.717, 1.165) is 0 Å². The van der Waals surface area contributed by atoms with Gasteiger partial charge in [0.2, 0.25) is 0 Å². The molecule has 100 valence electrons. The molecule has 1 nitrogen and oxygen atoms in total. The second-order valence-corrected chi connectivity index (χ2v) is 4.68. The van der Waals surface area contributed by atoms with Crippen molar-refractivity contribution in [2.45, 2.75) is 6.10 Å². The van der Waals surface area contributed by atoms with Crippen molar-refractivity contribution in [2.24, 2.45) is 0 Å². The maximum absolute atomic E-state index is 13.8. The molecule has 0 aliphatic carbocycles. The van der Waals surface area contributed by atoms with Crippen molar-refractivity contribution in [2.75, 3.05) is 0 Å². The van der Waals surface area contributed by atoms with Crippen molar-refractivity contribution in [3.8, 4) is 0 Å². The summed E-state index contributed by atoms with van der Waals surface area (Å²) in [6.07, 6.45) is -1.86. The lowest BCUT2D eigenvalue weighted by molar-refractivity contribution is 0.203. The van der Waals surface area contributed by atoms with Gasteiger partial charge in [-0.15, -0.1) is 0 Å². The number of hydrogen-bond donors (Lipinski definition) is 1. The Hall–Kier alpha value is -1.40. The number of rotatable bonds is 2. The fourth-order valence-corrected chi connectivity index (χ4v) is 2.08. The van der Waals surface area contributed by atoms with Crippen molar-refractivity contribution in [1.82, 2.24) is 0 Å². The van der Waals surface area contributed by atoms with Crippen molar-refractivity contribution in [3.63, 3.8) is 0 Å². The topological polar surface area (TPSA) is 20.2 Å². The van der Waals surface area contributed by atoms with Gasteiger partial charge in [-0.1, -0.05) is 12.1 Å². The predicted octanol–water partition coefficient (Wildman–Crippen LogP) is 4.09. The van der Waals surface area contributed by atoms with Crippen LogP contribution in [0.25, 0.3) is 0 Å². The summed E-state index contributed by atoms with van der Waals surface area (Å²) in [6, 6.07) is 4.83. The fraction of sp³-hybridized carbons (Fsp3) is 0.0769. The summed E-state index contributed by atoms with van der Waals surface area (Å²) in [5.41, 5.74) is -1.10. The minimum Gasteiger partial charge on any atom is -0.383 e. The summed E-state index contributed by atoms with van der Waals surface area (Å²) >= 11 is 2.90. The fourth-order valence-electron chi connectivity index (χ4n) is 1.70.